The van der Waals surface area contributed by atoms with Crippen molar-refractivity contribution in [1.29, 1.82) is 0 Å². The van der Waals surface area contributed by atoms with Crippen LogP contribution < -0.4 is 14.4 Å². The summed E-state index contributed by atoms with van der Waals surface area (Å²) < 4.78 is 35.3. The minimum absolute atomic E-state index is 0.00905. The monoisotopic (exact) mass is 677 g/mol. The Labute approximate surface area is 267 Å². The number of benzene rings is 4. The quantitative estimate of drug-likeness (QED) is 0.195. The van der Waals surface area contributed by atoms with Gasteiger partial charge in [0, 0.05) is 24.0 Å². The Kier molecular flexibility index (Phi) is 11.2. The van der Waals surface area contributed by atoms with E-state index in [4.69, 9.17) is 4.74 Å². The van der Waals surface area contributed by atoms with Gasteiger partial charge < -0.3 is 15.0 Å². The highest BCUT2D eigenvalue weighted by atomic mass is 79.9. The second-order valence-corrected chi connectivity index (χ2v) is 13.1. The number of hydrogen-bond acceptors (Lipinski definition) is 5. The molecular weight excluding hydrogens is 642 g/mol. The fourth-order valence-electron chi connectivity index (χ4n) is 4.79. The maximum atomic E-state index is 14.4. The van der Waals surface area contributed by atoms with Crippen LogP contribution in [0.25, 0.3) is 0 Å². The lowest BCUT2D eigenvalue weighted by Crippen LogP contribution is -2.53. The smallest absolute Gasteiger partial charge is 0.264 e. The zero-order valence-corrected chi connectivity index (χ0v) is 27.3. The number of nitrogens with zero attached hydrogens (tertiary/aromatic N) is 2. The SMILES string of the molecule is CCNC(=O)[C@@H](Cc1ccccc1)N(Cc1cccc(Br)c1)C(=O)CN(c1ccc(C)cc1)S(=O)(=O)c1ccc(OC)cc1. The highest BCUT2D eigenvalue weighted by Crippen LogP contribution is 2.27. The summed E-state index contributed by atoms with van der Waals surface area (Å²) in [5, 5.41) is 2.87. The molecule has 10 heteroatoms. The van der Waals surface area contributed by atoms with Crippen molar-refractivity contribution < 1.29 is 22.7 Å². The molecule has 1 atom stereocenters. The molecule has 44 heavy (non-hydrogen) atoms. The van der Waals surface area contributed by atoms with E-state index < -0.39 is 28.5 Å². The van der Waals surface area contributed by atoms with E-state index in [0.717, 1.165) is 25.5 Å². The van der Waals surface area contributed by atoms with Crippen molar-refractivity contribution in [3.63, 3.8) is 0 Å². The molecule has 0 aliphatic heterocycles. The molecule has 0 saturated carbocycles. The van der Waals surface area contributed by atoms with Gasteiger partial charge in [0.1, 0.15) is 18.3 Å². The number of halogens is 1. The number of sulfonamides is 1. The van der Waals surface area contributed by atoms with Crippen LogP contribution in [0.3, 0.4) is 0 Å². The fraction of sp³-hybridized carbons (Fsp3) is 0.235. The molecule has 0 spiro atoms. The van der Waals surface area contributed by atoms with Gasteiger partial charge in [0.25, 0.3) is 10.0 Å². The number of ether oxygens (including phenoxy) is 1. The van der Waals surface area contributed by atoms with Gasteiger partial charge in [-0.2, -0.15) is 0 Å². The van der Waals surface area contributed by atoms with Gasteiger partial charge in [0.2, 0.25) is 11.8 Å². The molecule has 2 amide bonds. The van der Waals surface area contributed by atoms with Gasteiger partial charge in [-0.25, -0.2) is 8.42 Å². The molecule has 1 N–H and O–H groups in total. The van der Waals surface area contributed by atoms with E-state index in [9.17, 15) is 18.0 Å². The zero-order chi connectivity index (χ0) is 31.7. The van der Waals surface area contributed by atoms with Gasteiger partial charge in [-0.3, -0.25) is 13.9 Å². The van der Waals surface area contributed by atoms with Gasteiger partial charge in [-0.15, -0.1) is 0 Å². The number of aryl methyl sites for hydroxylation is 1. The molecule has 4 aromatic carbocycles. The number of anilines is 1. The number of likely N-dealkylation sites (N-methyl/N-ethyl adjacent to an activating group) is 1. The Hall–Kier alpha value is -4.15. The molecule has 4 rings (SSSR count). The Balaban J connectivity index is 1.79. The van der Waals surface area contributed by atoms with Crippen molar-refractivity contribution in [1.82, 2.24) is 10.2 Å². The van der Waals surface area contributed by atoms with Crippen LogP contribution in [0.4, 0.5) is 5.69 Å². The van der Waals surface area contributed by atoms with Crippen LogP contribution in [0.1, 0.15) is 23.6 Å². The first-order valence-corrected chi connectivity index (χ1v) is 16.4. The van der Waals surface area contributed by atoms with Crippen molar-refractivity contribution in [3.8, 4) is 5.75 Å². The molecule has 0 aliphatic rings. The van der Waals surface area contributed by atoms with Crippen LogP contribution in [-0.4, -0.2) is 51.4 Å². The highest BCUT2D eigenvalue weighted by Gasteiger charge is 2.34. The molecule has 230 valence electrons. The summed E-state index contributed by atoms with van der Waals surface area (Å²) in [5.74, 6) is -0.331. The molecule has 4 aromatic rings. The average molecular weight is 679 g/mol. The van der Waals surface area contributed by atoms with E-state index in [0.29, 0.717) is 18.0 Å². The van der Waals surface area contributed by atoms with Crippen molar-refractivity contribution in [2.24, 2.45) is 0 Å². The van der Waals surface area contributed by atoms with Crippen LogP contribution in [-0.2, 0) is 32.6 Å². The van der Waals surface area contributed by atoms with E-state index >= 15 is 0 Å². The third-order valence-electron chi connectivity index (χ3n) is 7.11. The first-order chi connectivity index (χ1) is 21.1. The number of carbonyl (C=O) groups is 2. The summed E-state index contributed by atoms with van der Waals surface area (Å²) in [6.45, 7) is 3.67. The second-order valence-electron chi connectivity index (χ2n) is 10.3. The minimum Gasteiger partial charge on any atom is -0.497 e. The number of carbonyl (C=O) groups excluding carboxylic acids is 2. The number of nitrogens with one attached hydrogen (secondary N) is 1. The largest absolute Gasteiger partial charge is 0.497 e. The normalized spacial score (nSPS) is 11.8. The first kappa shape index (κ1) is 32.8. The average Bonchev–Trinajstić information content (AvgIpc) is 3.02. The topological polar surface area (TPSA) is 96.0 Å². The lowest BCUT2D eigenvalue weighted by molar-refractivity contribution is -0.140. The summed E-state index contributed by atoms with van der Waals surface area (Å²) in [6, 6.07) is 29.0. The van der Waals surface area contributed by atoms with Crippen LogP contribution in [0, 0.1) is 6.92 Å². The predicted molar refractivity (Wildman–Crippen MR) is 176 cm³/mol. The fourth-order valence-corrected chi connectivity index (χ4v) is 6.65. The molecule has 0 fully saturated rings. The number of amides is 2. The Bertz CT molecular complexity index is 1660. The summed E-state index contributed by atoms with van der Waals surface area (Å²) in [4.78, 5) is 29.5. The Morgan fingerprint density at radius 3 is 2.16 bits per heavy atom. The zero-order valence-electron chi connectivity index (χ0n) is 24.9. The van der Waals surface area contributed by atoms with E-state index in [1.807, 2.05) is 68.4 Å². The maximum absolute atomic E-state index is 14.4. The van der Waals surface area contributed by atoms with Gasteiger partial charge >= 0.3 is 0 Å². The highest BCUT2D eigenvalue weighted by molar-refractivity contribution is 9.10. The van der Waals surface area contributed by atoms with E-state index in [2.05, 4.69) is 21.2 Å². The van der Waals surface area contributed by atoms with Crippen molar-refractivity contribution in [2.45, 2.75) is 37.8 Å². The first-order valence-electron chi connectivity index (χ1n) is 14.2. The third kappa shape index (κ3) is 8.27. The van der Waals surface area contributed by atoms with Crippen LogP contribution in [0.15, 0.2) is 112 Å². The Morgan fingerprint density at radius 1 is 0.886 bits per heavy atom. The summed E-state index contributed by atoms with van der Waals surface area (Å²) in [6.07, 6.45) is 0.252. The van der Waals surface area contributed by atoms with E-state index in [1.165, 1.54) is 24.1 Å². The Morgan fingerprint density at radius 2 is 1.55 bits per heavy atom. The minimum atomic E-state index is -4.19. The lowest BCUT2D eigenvalue weighted by Gasteiger charge is -2.34. The summed E-state index contributed by atoms with van der Waals surface area (Å²) in [7, 11) is -2.69. The van der Waals surface area contributed by atoms with Gasteiger partial charge in [-0.1, -0.05) is 76.1 Å². The molecular formula is C34H36BrN3O5S. The molecule has 0 aromatic heterocycles. The molecule has 0 heterocycles. The van der Waals surface area contributed by atoms with E-state index in [1.54, 1.807) is 36.4 Å². The molecule has 8 nitrogen and oxygen atoms in total. The predicted octanol–water partition coefficient (Wildman–Crippen LogP) is 5.74. The molecule has 0 radical (unpaired) electrons. The van der Waals surface area contributed by atoms with Crippen molar-refractivity contribution in [2.75, 3.05) is 24.5 Å². The molecule has 0 saturated heterocycles. The summed E-state index contributed by atoms with van der Waals surface area (Å²) >= 11 is 3.49. The maximum Gasteiger partial charge on any atom is 0.264 e. The standard InChI is InChI=1S/C34H36BrN3O5S/c1-4-36-34(40)32(22-26-9-6-5-7-10-26)37(23-27-11-8-12-28(35)21-27)33(39)24-38(29-15-13-25(2)14-16-29)44(41,42)31-19-17-30(43-3)18-20-31/h5-21,32H,4,22-24H2,1-3H3,(H,36,40)/t32-/m1/s1. The third-order valence-corrected chi connectivity index (χ3v) is 9.39. The molecule has 0 aliphatic carbocycles. The molecule has 0 bridgehead atoms. The summed E-state index contributed by atoms with van der Waals surface area (Å²) in [5.41, 5.74) is 2.93. The van der Waals surface area contributed by atoms with Gasteiger partial charge in [0.15, 0.2) is 0 Å². The van der Waals surface area contributed by atoms with Crippen LogP contribution in [0.2, 0.25) is 0 Å². The lowest BCUT2D eigenvalue weighted by atomic mass is 10.0. The van der Waals surface area contributed by atoms with E-state index in [-0.39, 0.29) is 23.8 Å². The van der Waals surface area contributed by atoms with Crippen LogP contribution >= 0.6 is 15.9 Å². The molecule has 0 unspecified atom stereocenters. The van der Waals surface area contributed by atoms with Crippen molar-refractivity contribution in [3.05, 3.63) is 124 Å². The number of rotatable bonds is 13. The second kappa shape index (κ2) is 15.0. The van der Waals surface area contributed by atoms with Gasteiger partial charge in [0.05, 0.1) is 17.7 Å². The van der Waals surface area contributed by atoms with Crippen molar-refractivity contribution >= 4 is 43.5 Å². The number of methoxy groups -OCH3 is 1. The van der Waals surface area contributed by atoms with Crippen LogP contribution in [0.5, 0.6) is 5.75 Å². The van der Waals surface area contributed by atoms with Gasteiger partial charge in [-0.05, 0) is 73.5 Å². The number of hydrogen-bond donors (Lipinski definition) is 1.